The molecule has 2 aromatic rings. The largest absolute Gasteiger partial charge is 0.354 e. The molecule has 4 N–H and O–H groups in total. The van der Waals surface area contributed by atoms with Crippen molar-refractivity contribution in [3.8, 4) is 0 Å². The van der Waals surface area contributed by atoms with Gasteiger partial charge in [-0.1, -0.05) is 30.3 Å². The standard InChI is InChI=1S/C19H24N4O2.2ClH/c1-14(20)9-11-22-19(25)17(12-15-6-3-2-4-7-15)23-18(24)16-8-5-10-21-13-16;;/h2-8,10,13-14,17H,9,11-12,20H2,1H3,(H,22,25)(H,23,24);2*1H. The topological polar surface area (TPSA) is 97.1 Å². The first kappa shape index (κ1) is 24.8. The third kappa shape index (κ3) is 8.86. The van der Waals surface area contributed by atoms with Gasteiger partial charge in [0.2, 0.25) is 5.91 Å². The number of carbonyl (C=O) groups excluding carboxylic acids is 2. The van der Waals surface area contributed by atoms with Gasteiger partial charge in [-0.2, -0.15) is 0 Å². The molecule has 1 aromatic heterocycles. The van der Waals surface area contributed by atoms with Gasteiger partial charge in [0.05, 0.1) is 5.56 Å². The number of nitrogens with two attached hydrogens (primary N) is 1. The van der Waals surface area contributed by atoms with Crippen LogP contribution in [0.5, 0.6) is 0 Å². The Bertz CT molecular complexity index is 685. The molecule has 2 unspecified atom stereocenters. The van der Waals surface area contributed by atoms with Crippen molar-refractivity contribution in [2.45, 2.75) is 31.8 Å². The second kappa shape index (κ2) is 13.1. The molecule has 27 heavy (non-hydrogen) atoms. The van der Waals surface area contributed by atoms with Gasteiger partial charge < -0.3 is 16.4 Å². The van der Waals surface area contributed by atoms with Crippen LogP contribution in [0.4, 0.5) is 0 Å². The number of benzene rings is 1. The number of amides is 2. The van der Waals surface area contributed by atoms with Crippen LogP contribution in [0.2, 0.25) is 0 Å². The SMILES string of the molecule is CC(N)CCNC(=O)C(Cc1ccccc1)NC(=O)c1cccnc1.Cl.Cl. The first-order valence-corrected chi connectivity index (χ1v) is 8.34. The van der Waals surface area contributed by atoms with Gasteiger partial charge in [-0.05, 0) is 31.0 Å². The minimum absolute atomic E-state index is 0. The number of nitrogens with zero attached hydrogens (tertiary/aromatic N) is 1. The number of rotatable bonds is 8. The second-order valence-corrected chi connectivity index (χ2v) is 6.01. The van der Waals surface area contributed by atoms with Crippen molar-refractivity contribution in [2.75, 3.05) is 6.54 Å². The molecule has 0 aliphatic rings. The molecular weight excluding hydrogens is 387 g/mol. The van der Waals surface area contributed by atoms with E-state index in [1.807, 2.05) is 37.3 Å². The lowest BCUT2D eigenvalue weighted by atomic mass is 10.0. The van der Waals surface area contributed by atoms with Gasteiger partial charge in [-0.15, -0.1) is 24.8 Å². The van der Waals surface area contributed by atoms with Crippen molar-refractivity contribution in [1.29, 1.82) is 0 Å². The zero-order valence-electron chi connectivity index (χ0n) is 15.1. The minimum Gasteiger partial charge on any atom is -0.354 e. The fourth-order valence-corrected chi connectivity index (χ4v) is 2.34. The molecule has 2 rings (SSSR count). The Hall–Kier alpha value is -2.15. The summed E-state index contributed by atoms with van der Waals surface area (Å²) in [6, 6.07) is 12.3. The van der Waals surface area contributed by atoms with E-state index in [0.717, 1.165) is 5.56 Å². The third-order valence-corrected chi connectivity index (χ3v) is 3.73. The highest BCUT2D eigenvalue weighted by Gasteiger charge is 2.21. The molecule has 0 saturated heterocycles. The highest BCUT2D eigenvalue weighted by molar-refractivity contribution is 5.97. The molecule has 6 nitrogen and oxygen atoms in total. The van der Waals surface area contributed by atoms with E-state index in [0.29, 0.717) is 24.9 Å². The van der Waals surface area contributed by atoms with Crippen molar-refractivity contribution in [3.05, 3.63) is 66.0 Å². The van der Waals surface area contributed by atoms with Crippen LogP contribution < -0.4 is 16.4 Å². The molecule has 8 heteroatoms. The van der Waals surface area contributed by atoms with Gasteiger partial charge in [0.15, 0.2) is 0 Å². The van der Waals surface area contributed by atoms with E-state index < -0.39 is 6.04 Å². The lowest BCUT2D eigenvalue weighted by Gasteiger charge is -2.19. The maximum absolute atomic E-state index is 12.5. The molecule has 0 bridgehead atoms. The Labute approximate surface area is 172 Å². The molecule has 0 fully saturated rings. The summed E-state index contributed by atoms with van der Waals surface area (Å²) in [5, 5.41) is 5.64. The predicted octanol–water partition coefficient (Wildman–Crippen LogP) is 2.12. The summed E-state index contributed by atoms with van der Waals surface area (Å²) in [6.45, 7) is 2.36. The molecule has 1 heterocycles. The second-order valence-electron chi connectivity index (χ2n) is 6.01. The molecule has 2 amide bonds. The minimum atomic E-state index is -0.664. The Morgan fingerprint density at radius 1 is 1.11 bits per heavy atom. The maximum atomic E-state index is 12.5. The van der Waals surface area contributed by atoms with Crippen LogP contribution in [0.3, 0.4) is 0 Å². The van der Waals surface area contributed by atoms with Gasteiger partial charge in [-0.3, -0.25) is 14.6 Å². The monoisotopic (exact) mass is 412 g/mol. The molecule has 0 spiro atoms. The van der Waals surface area contributed by atoms with E-state index in [-0.39, 0.29) is 42.7 Å². The van der Waals surface area contributed by atoms with E-state index >= 15 is 0 Å². The van der Waals surface area contributed by atoms with E-state index in [2.05, 4.69) is 15.6 Å². The fourth-order valence-electron chi connectivity index (χ4n) is 2.34. The van der Waals surface area contributed by atoms with Crippen LogP contribution >= 0.6 is 24.8 Å². The average molecular weight is 413 g/mol. The van der Waals surface area contributed by atoms with Gasteiger partial charge in [0.1, 0.15) is 6.04 Å². The average Bonchev–Trinajstić information content (AvgIpc) is 2.62. The smallest absolute Gasteiger partial charge is 0.253 e. The van der Waals surface area contributed by atoms with Gasteiger partial charge >= 0.3 is 0 Å². The number of pyridine rings is 1. The summed E-state index contributed by atoms with van der Waals surface area (Å²) in [6.07, 6.45) is 4.17. The first-order valence-electron chi connectivity index (χ1n) is 8.34. The number of nitrogens with one attached hydrogen (secondary N) is 2. The summed E-state index contributed by atoms with van der Waals surface area (Å²) in [7, 11) is 0. The highest BCUT2D eigenvalue weighted by Crippen LogP contribution is 2.05. The summed E-state index contributed by atoms with van der Waals surface area (Å²) >= 11 is 0. The molecule has 0 radical (unpaired) electrons. The molecule has 0 saturated carbocycles. The van der Waals surface area contributed by atoms with E-state index in [1.165, 1.54) is 6.20 Å². The van der Waals surface area contributed by atoms with Crippen LogP contribution in [0.25, 0.3) is 0 Å². The van der Waals surface area contributed by atoms with Gasteiger partial charge in [0, 0.05) is 31.4 Å². The number of hydrogen-bond acceptors (Lipinski definition) is 4. The number of halogens is 2. The van der Waals surface area contributed by atoms with Crippen LogP contribution in [0.1, 0.15) is 29.3 Å². The zero-order chi connectivity index (χ0) is 18.1. The summed E-state index contributed by atoms with van der Waals surface area (Å²) < 4.78 is 0. The molecule has 148 valence electrons. The molecular formula is C19H26Cl2N4O2. The molecule has 1 aromatic carbocycles. The van der Waals surface area contributed by atoms with Crippen LogP contribution in [0, 0.1) is 0 Å². The van der Waals surface area contributed by atoms with Crippen molar-refractivity contribution in [1.82, 2.24) is 15.6 Å². The van der Waals surface area contributed by atoms with E-state index in [1.54, 1.807) is 18.3 Å². The van der Waals surface area contributed by atoms with Crippen LogP contribution in [-0.4, -0.2) is 35.4 Å². The summed E-state index contributed by atoms with van der Waals surface area (Å²) in [5.41, 5.74) is 7.10. The normalized spacial score (nSPS) is 11.9. The zero-order valence-corrected chi connectivity index (χ0v) is 16.8. The first-order chi connectivity index (χ1) is 12.1. The van der Waals surface area contributed by atoms with Gasteiger partial charge in [0.25, 0.3) is 5.91 Å². The van der Waals surface area contributed by atoms with E-state index in [4.69, 9.17) is 5.73 Å². The van der Waals surface area contributed by atoms with Crippen LogP contribution in [0.15, 0.2) is 54.9 Å². The Kier molecular flexibility index (Phi) is 12.0. The molecule has 2 atom stereocenters. The Balaban J connectivity index is 0.00000338. The predicted molar refractivity (Wildman–Crippen MR) is 111 cm³/mol. The number of hydrogen-bond donors (Lipinski definition) is 3. The summed E-state index contributed by atoms with van der Waals surface area (Å²) in [5.74, 6) is -0.543. The molecule has 0 aliphatic heterocycles. The molecule has 0 aliphatic carbocycles. The Morgan fingerprint density at radius 3 is 2.41 bits per heavy atom. The van der Waals surface area contributed by atoms with Crippen LogP contribution in [-0.2, 0) is 11.2 Å². The van der Waals surface area contributed by atoms with Gasteiger partial charge in [-0.25, -0.2) is 0 Å². The third-order valence-electron chi connectivity index (χ3n) is 3.73. The highest BCUT2D eigenvalue weighted by atomic mass is 35.5. The quantitative estimate of drug-likeness (QED) is 0.618. The van der Waals surface area contributed by atoms with Crippen molar-refractivity contribution >= 4 is 36.6 Å². The fraction of sp³-hybridized carbons (Fsp3) is 0.316. The lowest BCUT2D eigenvalue weighted by Crippen LogP contribution is -2.48. The summed E-state index contributed by atoms with van der Waals surface area (Å²) in [4.78, 5) is 28.8. The van der Waals surface area contributed by atoms with E-state index in [9.17, 15) is 9.59 Å². The lowest BCUT2D eigenvalue weighted by molar-refractivity contribution is -0.122. The van der Waals surface area contributed by atoms with Crippen molar-refractivity contribution < 1.29 is 9.59 Å². The maximum Gasteiger partial charge on any atom is 0.253 e. The number of aromatic nitrogens is 1. The Morgan fingerprint density at radius 2 is 1.81 bits per heavy atom. The number of carbonyl (C=O) groups is 2. The van der Waals surface area contributed by atoms with Crippen molar-refractivity contribution in [2.24, 2.45) is 5.73 Å². The van der Waals surface area contributed by atoms with Crippen molar-refractivity contribution in [3.63, 3.8) is 0 Å².